The van der Waals surface area contributed by atoms with E-state index in [0.29, 0.717) is 11.6 Å². The zero-order valence-corrected chi connectivity index (χ0v) is 12.0. The summed E-state index contributed by atoms with van der Waals surface area (Å²) in [5, 5.41) is 3.15. The Kier molecular flexibility index (Phi) is 3.92. The number of amides is 1. The van der Waals surface area contributed by atoms with Gasteiger partial charge in [0.05, 0.1) is 7.11 Å². The monoisotopic (exact) mass is 274 g/mol. The number of ether oxygens (including phenoxy) is 1. The number of piperidine rings is 1. The molecule has 1 heterocycles. The Hall–Kier alpha value is -1.55. The van der Waals surface area contributed by atoms with Crippen molar-refractivity contribution in [2.45, 2.75) is 37.8 Å². The molecule has 1 aromatic carbocycles. The first-order valence-corrected chi connectivity index (χ1v) is 7.45. The van der Waals surface area contributed by atoms with Gasteiger partial charge < -0.3 is 15.0 Å². The van der Waals surface area contributed by atoms with Gasteiger partial charge in [-0.2, -0.15) is 0 Å². The van der Waals surface area contributed by atoms with E-state index in [1.165, 1.54) is 12.8 Å². The number of hydrogen-bond donors (Lipinski definition) is 1. The van der Waals surface area contributed by atoms with Crippen molar-refractivity contribution in [3.05, 3.63) is 29.8 Å². The molecule has 1 saturated heterocycles. The highest BCUT2D eigenvalue weighted by atomic mass is 16.5. The summed E-state index contributed by atoms with van der Waals surface area (Å²) in [6.45, 7) is 2.24. The third kappa shape index (κ3) is 3.12. The van der Waals surface area contributed by atoms with E-state index < -0.39 is 0 Å². The largest absolute Gasteiger partial charge is 0.497 e. The Morgan fingerprint density at radius 1 is 1.25 bits per heavy atom. The molecule has 0 bridgehead atoms. The third-order valence-electron chi connectivity index (χ3n) is 4.26. The SMILES string of the molecule is COc1cccc(C(=O)NC2CCN(C3CC3)CC2)c1. The lowest BCUT2D eigenvalue weighted by molar-refractivity contribution is 0.0909. The second-order valence-corrected chi connectivity index (χ2v) is 5.75. The number of nitrogens with one attached hydrogen (secondary N) is 1. The van der Waals surface area contributed by atoms with Crippen LogP contribution < -0.4 is 10.1 Å². The number of benzene rings is 1. The van der Waals surface area contributed by atoms with Gasteiger partial charge in [-0.15, -0.1) is 0 Å². The minimum Gasteiger partial charge on any atom is -0.497 e. The smallest absolute Gasteiger partial charge is 0.251 e. The summed E-state index contributed by atoms with van der Waals surface area (Å²) in [5.41, 5.74) is 0.675. The summed E-state index contributed by atoms with van der Waals surface area (Å²) in [4.78, 5) is 14.8. The summed E-state index contributed by atoms with van der Waals surface area (Å²) < 4.78 is 5.16. The maximum atomic E-state index is 12.2. The summed E-state index contributed by atoms with van der Waals surface area (Å²) >= 11 is 0. The number of hydrogen-bond acceptors (Lipinski definition) is 3. The van der Waals surface area contributed by atoms with Crippen molar-refractivity contribution < 1.29 is 9.53 Å². The van der Waals surface area contributed by atoms with Gasteiger partial charge in [0.15, 0.2) is 0 Å². The Morgan fingerprint density at radius 2 is 2.00 bits per heavy atom. The molecule has 1 aromatic rings. The molecule has 0 aromatic heterocycles. The van der Waals surface area contributed by atoms with E-state index >= 15 is 0 Å². The molecule has 1 N–H and O–H groups in total. The first-order valence-electron chi connectivity index (χ1n) is 7.45. The molecule has 1 aliphatic carbocycles. The summed E-state index contributed by atoms with van der Waals surface area (Å²) in [5.74, 6) is 0.731. The molecule has 0 radical (unpaired) electrons. The van der Waals surface area contributed by atoms with E-state index in [1.807, 2.05) is 18.2 Å². The Balaban J connectivity index is 1.53. The summed E-state index contributed by atoms with van der Waals surface area (Å²) in [7, 11) is 1.62. The lowest BCUT2D eigenvalue weighted by Crippen LogP contribution is -2.45. The molecular weight excluding hydrogens is 252 g/mol. The maximum Gasteiger partial charge on any atom is 0.251 e. The second kappa shape index (κ2) is 5.83. The normalized spacial score (nSPS) is 20.6. The van der Waals surface area contributed by atoms with Gasteiger partial charge in [0, 0.05) is 30.7 Å². The molecule has 2 fully saturated rings. The Morgan fingerprint density at radius 3 is 2.65 bits per heavy atom. The lowest BCUT2D eigenvalue weighted by Gasteiger charge is -2.32. The number of carbonyl (C=O) groups excluding carboxylic acids is 1. The van der Waals surface area contributed by atoms with Crippen LogP contribution in [0.4, 0.5) is 0 Å². The van der Waals surface area contributed by atoms with Crippen LogP contribution in [-0.2, 0) is 0 Å². The average Bonchev–Trinajstić information content (AvgIpc) is 3.33. The van der Waals surface area contributed by atoms with Gasteiger partial charge in [0.25, 0.3) is 5.91 Å². The van der Waals surface area contributed by atoms with Crippen molar-refractivity contribution in [3.8, 4) is 5.75 Å². The molecule has 20 heavy (non-hydrogen) atoms. The molecule has 4 nitrogen and oxygen atoms in total. The summed E-state index contributed by atoms with van der Waals surface area (Å²) in [6.07, 6.45) is 4.85. The Labute approximate surface area is 120 Å². The quantitative estimate of drug-likeness (QED) is 0.913. The number of rotatable bonds is 4. The fourth-order valence-corrected chi connectivity index (χ4v) is 2.88. The number of carbonyl (C=O) groups is 1. The molecule has 1 saturated carbocycles. The average molecular weight is 274 g/mol. The predicted octanol–water partition coefficient (Wildman–Crippen LogP) is 2.05. The molecule has 4 heteroatoms. The molecule has 0 unspecified atom stereocenters. The van der Waals surface area contributed by atoms with Gasteiger partial charge in [-0.05, 0) is 43.9 Å². The first-order chi connectivity index (χ1) is 9.76. The van der Waals surface area contributed by atoms with Gasteiger partial charge >= 0.3 is 0 Å². The highest BCUT2D eigenvalue weighted by Crippen LogP contribution is 2.29. The standard InChI is InChI=1S/C16H22N2O2/c1-20-15-4-2-3-12(11-15)16(19)17-13-7-9-18(10-8-13)14-5-6-14/h2-4,11,13-14H,5-10H2,1H3,(H,17,19). The van der Waals surface area contributed by atoms with Gasteiger partial charge in [-0.25, -0.2) is 0 Å². The van der Waals surface area contributed by atoms with Crippen LogP contribution in [0.5, 0.6) is 5.75 Å². The van der Waals surface area contributed by atoms with Crippen molar-refractivity contribution in [1.82, 2.24) is 10.2 Å². The minimum atomic E-state index is 0.00812. The molecule has 0 atom stereocenters. The zero-order chi connectivity index (χ0) is 13.9. The van der Waals surface area contributed by atoms with Crippen LogP contribution in [0.25, 0.3) is 0 Å². The minimum absolute atomic E-state index is 0.00812. The molecule has 2 aliphatic rings. The van der Waals surface area contributed by atoms with E-state index in [4.69, 9.17) is 4.74 Å². The van der Waals surface area contributed by atoms with Gasteiger partial charge in [0.1, 0.15) is 5.75 Å². The molecule has 108 valence electrons. The number of nitrogens with zero attached hydrogens (tertiary/aromatic N) is 1. The molecule has 1 aliphatic heterocycles. The first kappa shape index (κ1) is 13.4. The maximum absolute atomic E-state index is 12.2. The van der Waals surface area contributed by atoms with Crippen LogP contribution >= 0.6 is 0 Å². The van der Waals surface area contributed by atoms with E-state index in [0.717, 1.165) is 37.7 Å². The fourth-order valence-electron chi connectivity index (χ4n) is 2.88. The van der Waals surface area contributed by atoms with Crippen LogP contribution in [0.3, 0.4) is 0 Å². The zero-order valence-electron chi connectivity index (χ0n) is 12.0. The molecule has 0 spiro atoms. The highest BCUT2D eigenvalue weighted by molar-refractivity contribution is 5.94. The topological polar surface area (TPSA) is 41.6 Å². The predicted molar refractivity (Wildman–Crippen MR) is 78.1 cm³/mol. The van der Waals surface area contributed by atoms with E-state index in [-0.39, 0.29) is 5.91 Å². The van der Waals surface area contributed by atoms with Crippen LogP contribution in [0.15, 0.2) is 24.3 Å². The van der Waals surface area contributed by atoms with Gasteiger partial charge in [-0.3, -0.25) is 4.79 Å². The van der Waals surface area contributed by atoms with Crippen molar-refractivity contribution in [2.24, 2.45) is 0 Å². The summed E-state index contributed by atoms with van der Waals surface area (Å²) in [6, 6.07) is 8.47. The highest BCUT2D eigenvalue weighted by Gasteiger charge is 2.32. The lowest BCUT2D eigenvalue weighted by atomic mass is 10.0. The van der Waals surface area contributed by atoms with E-state index in [2.05, 4.69) is 10.2 Å². The molecule has 1 amide bonds. The number of methoxy groups -OCH3 is 1. The van der Waals surface area contributed by atoms with Crippen LogP contribution in [0.1, 0.15) is 36.0 Å². The van der Waals surface area contributed by atoms with Gasteiger partial charge in [0.2, 0.25) is 0 Å². The van der Waals surface area contributed by atoms with Crippen molar-refractivity contribution >= 4 is 5.91 Å². The van der Waals surface area contributed by atoms with E-state index in [1.54, 1.807) is 13.2 Å². The molecular formula is C16H22N2O2. The Bertz CT molecular complexity index is 477. The van der Waals surface area contributed by atoms with E-state index in [9.17, 15) is 4.79 Å². The van der Waals surface area contributed by atoms with Gasteiger partial charge in [-0.1, -0.05) is 6.07 Å². The molecule has 3 rings (SSSR count). The van der Waals surface area contributed by atoms with Crippen molar-refractivity contribution in [3.63, 3.8) is 0 Å². The third-order valence-corrected chi connectivity index (χ3v) is 4.26. The van der Waals surface area contributed by atoms with Crippen LogP contribution in [0.2, 0.25) is 0 Å². The van der Waals surface area contributed by atoms with Crippen LogP contribution in [-0.4, -0.2) is 43.1 Å². The van der Waals surface area contributed by atoms with Crippen LogP contribution in [0, 0.1) is 0 Å². The fraction of sp³-hybridized carbons (Fsp3) is 0.562. The van der Waals surface area contributed by atoms with Crippen molar-refractivity contribution in [2.75, 3.05) is 20.2 Å². The number of likely N-dealkylation sites (tertiary alicyclic amines) is 1. The second-order valence-electron chi connectivity index (χ2n) is 5.75. The van der Waals surface area contributed by atoms with Crippen molar-refractivity contribution in [1.29, 1.82) is 0 Å².